The Kier molecular flexibility index (Phi) is 4.79. The third-order valence-electron chi connectivity index (χ3n) is 4.88. The van der Waals surface area contributed by atoms with Gasteiger partial charge in [0.05, 0.1) is 3.79 Å². The molecule has 1 nitrogen and oxygen atoms in total. The Morgan fingerprint density at radius 1 is 1.32 bits per heavy atom. The van der Waals surface area contributed by atoms with E-state index in [1.807, 2.05) is 11.3 Å². The lowest BCUT2D eigenvalue weighted by Crippen LogP contribution is -2.39. The zero-order valence-corrected chi connectivity index (χ0v) is 14.7. The van der Waals surface area contributed by atoms with Crippen LogP contribution in [0.2, 0.25) is 0 Å². The van der Waals surface area contributed by atoms with Crippen LogP contribution in [0, 0.1) is 16.7 Å². The molecule has 0 bridgehead atoms. The molecule has 1 heterocycles. The first-order valence-electron chi connectivity index (χ1n) is 7.29. The van der Waals surface area contributed by atoms with Gasteiger partial charge in [0.15, 0.2) is 0 Å². The maximum absolute atomic E-state index is 6.14. The minimum Gasteiger partial charge on any atom is -0.330 e. The molecule has 0 aliphatic heterocycles. The van der Waals surface area contributed by atoms with E-state index in [0.717, 1.165) is 18.9 Å². The molecule has 2 N–H and O–H groups in total. The van der Waals surface area contributed by atoms with E-state index >= 15 is 0 Å². The van der Waals surface area contributed by atoms with Crippen LogP contribution in [0.3, 0.4) is 0 Å². The SMILES string of the molecule is CC(C)(C)C1CCC(CN)(Cc2ccc(Br)s2)CC1. The highest BCUT2D eigenvalue weighted by molar-refractivity contribution is 9.11. The summed E-state index contributed by atoms with van der Waals surface area (Å²) in [6.07, 6.45) is 6.43. The van der Waals surface area contributed by atoms with E-state index < -0.39 is 0 Å². The highest BCUT2D eigenvalue weighted by Crippen LogP contribution is 2.47. The van der Waals surface area contributed by atoms with Crippen molar-refractivity contribution in [3.8, 4) is 0 Å². The fourth-order valence-electron chi connectivity index (χ4n) is 3.37. The van der Waals surface area contributed by atoms with Crippen LogP contribution >= 0.6 is 27.3 Å². The Labute approximate surface area is 130 Å². The van der Waals surface area contributed by atoms with Gasteiger partial charge in [-0.1, -0.05) is 20.8 Å². The summed E-state index contributed by atoms with van der Waals surface area (Å²) in [6.45, 7) is 7.97. The van der Waals surface area contributed by atoms with E-state index in [0.29, 0.717) is 10.8 Å². The van der Waals surface area contributed by atoms with Gasteiger partial charge >= 0.3 is 0 Å². The number of rotatable bonds is 3. The van der Waals surface area contributed by atoms with Gasteiger partial charge in [-0.15, -0.1) is 11.3 Å². The third-order valence-corrected chi connectivity index (χ3v) is 6.51. The van der Waals surface area contributed by atoms with Gasteiger partial charge in [0.25, 0.3) is 0 Å². The van der Waals surface area contributed by atoms with Gasteiger partial charge in [0, 0.05) is 4.88 Å². The van der Waals surface area contributed by atoms with Crippen molar-refractivity contribution in [2.24, 2.45) is 22.5 Å². The van der Waals surface area contributed by atoms with Gasteiger partial charge in [0.1, 0.15) is 0 Å². The first-order chi connectivity index (χ1) is 8.85. The predicted octanol–water partition coefficient (Wildman–Crippen LogP) is 5.23. The standard InChI is InChI=1S/C16H26BrNS/c1-15(2,3)12-6-8-16(11-18,9-7-12)10-13-4-5-14(17)19-13/h4-5,12H,6-11,18H2,1-3H3. The Balaban J connectivity index is 2.02. The van der Waals surface area contributed by atoms with Gasteiger partial charge < -0.3 is 5.73 Å². The number of hydrogen-bond acceptors (Lipinski definition) is 2. The second kappa shape index (κ2) is 5.87. The van der Waals surface area contributed by atoms with E-state index in [1.54, 1.807) is 0 Å². The van der Waals surface area contributed by atoms with Gasteiger partial charge in [-0.2, -0.15) is 0 Å². The topological polar surface area (TPSA) is 26.0 Å². The number of nitrogens with two attached hydrogens (primary N) is 1. The molecule has 0 saturated heterocycles. The van der Waals surface area contributed by atoms with Crippen molar-refractivity contribution in [1.82, 2.24) is 0 Å². The van der Waals surface area contributed by atoms with E-state index in [-0.39, 0.29) is 0 Å². The molecular formula is C16H26BrNS. The van der Waals surface area contributed by atoms with Crippen molar-refractivity contribution in [3.63, 3.8) is 0 Å². The number of hydrogen-bond donors (Lipinski definition) is 1. The lowest BCUT2D eigenvalue weighted by molar-refractivity contribution is 0.0932. The maximum atomic E-state index is 6.14. The highest BCUT2D eigenvalue weighted by Gasteiger charge is 2.38. The van der Waals surface area contributed by atoms with Gasteiger partial charge in [-0.05, 0) is 83.5 Å². The van der Waals surface area contributed by atoms with Crippen LogP contribution in [0.4, 0.5) is 0 Å². The zero-order valence-electron chi connectivity index (χ0n) is 12.3. The van der Waals surface area contributed by atoms with E-state index in [1.165, 1.54) is 34.3 Å². The summed E-state index contributed by atoms with van der Waals surface area (Å²) in [5.41, 5.74) is 6.94. The Morgan fingerprint density at radius 3 is 2.37 bits per heavy atom. The minimum atomic E-state index is 0.353. The molecule has 1 aromatic rings. The third kappa shape index (κ3) is 3.83. The summed E-state index contributed by atoms with van der Waals surface area (Å²) in [5.74, 6) is 0.863. The summed E-state index contributed by atoms with van der Waals surface area (Å²) in [7, 11) is 0. The lowest BCUT2D eigenvalue weighted by Gasteiger charge is -2.43. The molecule has 0 radical (unpaired) electrons. The van der Waals surface area contributed by atoms with Crippen LogP contribution in [0.1, 0.15) is 51.3 Å². The summed E-state index contributed by atoms with van der Waals surface area (Å²) < 4.78 is 1.23. The zero-order chi connectivity index (χ0) is 14.1. The number of thiophene rings is 1. The smallest absolute Gasteiger partial charge is 0.0701 e. The number of halogens is 1. The van der Waals surface area contributed by atoms with Crippen LogP contribution in [0.15, 0.2) is 15.9 Å². The van der Waals surface area contributed by atoms with Crippen molar-refractivity contribution in [1.29, 1.82) is 0 Å². The largest absolute Gasteiger partial charge is 0.330 e. The Morgan fingerprint density at radius 2 is 1.95 bits per heavy atom. The average molecular weight is 344 g/mol. The molecule has 3 heteroatoms. The van der Waals surface area contributed by atoms with E-state index in [2.05, 4.69) is 48.8 Å². The first-order valence-corrected chi connectivity index (χ1v) is 8.90. The molecule has 0 atom stereocenters. The van der Waals surface area contributed by atoms with Crippen LogP contribution < -0.4 is 5.73 Å². The fourth-order valence-corrected chi connectivity index (χ4v) is 5.02. The van der Waals surface area contributed by atoms with Crippen LogP contribution in [-0.2, 0) is 6.42 Å². The monoisotopic (exact) mass is 343 g/mol. The molecule has 19 heavy (non-hydrogen) atoms. The molecule has 108 valence electrons. The summed E-state index contributed by atoms with van der Waals surface area (Å²) in [6, 6.07) is 4.41. The quantitative estimate of drug-likeness (QED) is 0.798. The average Bonchev–Trinajstić information content (AvgIpc) is 2.74. The van der Waals surface area contributed by atoms with Crippen molar-refractivity contribution in [3.05, 3.63) is 20.8 Å². The molecular weight excluding hydrogens is 318 g/mol. The fraction of sp³-hybridized carbons (Fsp3) is 0.750. The predicted molar refractivity (Wildman–Crippen MR) is 88.6 cm³/mol. The summed E-state index contributed by atoms with van der Waals surface area (Å²) in [4.78, 5) is 1.48. The highest BCUT2D eigenvalue weighted by atomic mass is 79.9. The van der Waals surface area contributed by atoms with Crippen molar-refractivity contribution in [2.45, 2.75) is 52.9 Å². The molecule has 1 aliphatic rings. The van der Waals surface area contributed by atoms with Crippen molar-refractivity contribution >= 4 is 27.3 Å². The van der Waals surface area contributed by atoms with E-state index in [9.17, 15) is 0 Å². The lowest BCUT2D eigenvalue weighted by atomic mass is 9.63. The Bertz CT molecular complexity index is 411. The normalized spacial score (nSPS) is 28.6. The van der Waals surface area contributed by atoms with Crippen LogP contribution in [0.5, 0.6) is 0 Å². The van der Waals surface area contributed by atoms with Crippen LogP contribution in [-0.4, -0.2) is 6.54 Å². The second-order valence-electron chi connectivity index (χ2n) is 7.23. The van der Waals surface area contributed by atoms with Gasteiger partial charge in [0.2, 0.25) is 0 Å². The molecule has 1 saturated carbocycles. The molecule has 0 spiro atoms. The van der Waals surface area contributed by atoms with E-state index in [4.69, 9.17) is 5.73 Å². The second-order valence-corrected chi connectivity index (χ2v) is 9.77. The molecule has 2 rings (SSSR count). The minimum absolute atomic E-state index is 0.353. The molecule has 0 amide bonds. The molecule has 0 aromatic carbocycles. The summed E-state index contributed by atoms with van der Waals surface area (Å²) >= 11 is 5.42. The molecule has 1 aromatic heterocycles. The molecule has 1 fully saturated rings. The maximum Gasteiger partial charge on any atom is 0.0701 e. The molecule has 0 unspecified atom stereocenters. The van der Waals surface area contributed by atoms with Crippen molar-refractivity contribution < 1.29 is 0 Å². The Hall–Kier alpha value is 0.140. The first kappa shape index (κ1) is 15.5. The van der Waals surface area contributed by atoms with Gasteiger partial charge in [-0.25, -0.2) is 0 Å². The van der Waals surface area contributed by atoms with Gasteiger partial charge in [-0.3, -0.25) is 0 Å². The van der Waals surface area contributed by atoms with Crippen molar-refractivity contribution in [2.75, 3.05) is 6.54 Å². The van der Waals surface area contributed by atoms with Crippen LogP contribution in [0.25, 0.3) is 0 Å². The molecule has 1 aliphatic carbocycles. The summed E-state index contributed by atoms with van der Waals surface area (Å²) in [5, 5.41) is 0.